The van der Waals surface area contributed by atoms with Crippen LogP contribution in [-0.2, 0) is 0 Å². The maximum Gasteiger partial charge on any atom is 0.143 e. The van der Waals surface area contributed by atoms with E-state index in [-0.39, 0.29) is 5.75 Å². The minimum Gasteiger partial charge on any atom is -0.506 e. The molecule has 0 aliphatic heterocycles. The van der Waals surface area contributed by atoms with E-state index in [9.17, 15) is 5.11 Å². The van der Waals surface area contributed by atoms with E-state index in [4.69, 9.17) is 0 Å². The predicted octanol–water partition coefficient (Wildman–Crippen LogP) is 3.47. The third-order valence-corrected chi connectivity index (χ3v) is 3.77. The van der Waals surface area contributed by atoms with Crippen LogP contribution in [0.1, 0.15) is 0 Å². The van der Waals surface area contributed by atoms with Gasteiger partial charge in [0.05, 0.1) is 0 Å². The molecule has 1 aromatic carbocycles. The molecule has 1 aromatic heterocycles. The number of fused-ring (bicyclic) bond motifs is 1. The van der Waals surface area contributed by atoms with Gasteiger partial charge in [-0.05, 0) is 50.1 Å². The zero-order chi connectivity index (χ0) is 9.42. The van der Waals surface area contributed by atoms with Gasteiger partial charge < -0.3 is 5.11 Å². The molecule has 0 bridgehead atoms. The summed E-state index contributed by atoms with van der Waals surface area (Å²) in [5.74, 6) is 0.186. The van der Waals surface area contributed by atoms with Crippen molar-refractivity contribution in [2.45, 2.75) is 0 Å². The smallest absolute Gasteiger partial charge is 0.143 e. The predicted molar refractivity (Wildman–Crippen MR) is 58.8 cm³/mol. The lowest BCUT2D eigenvalue weighted by atomic mass is 10.2. The number of nitrogens with zero attached hydrogens (tertiary/aromatic N) is 1. The molecule has 0 unspecified atom stereocenters. The third-order valence-electron chi connectivity index (χ3n) is 1.76. The maximum atomic E-state index is 9.56. The Balaban J connectivity index is 2.97. The summed E-state index contributed by atoms with van der Waals surface area (Å²) in [5.41, 5.74) is 0.609. The molecule has 0 saturated heterocycles. The van der Waals surface area contributed by atoms with Crippen LogP contribution < -0.4 is 0 Å². The number of phenols is 1. The number of rotatable bonds is 0. The van der Waals surface area contributed by atoms with Crippen LogP contribution >= 0.6 is 31.9 Å². The average Bonchev–Trinajstić information content (AvgIpc) is 2.15. The van der Waals surface area contributed by atoms with Gasteiger partial charge in [-0.25, -0.2) is 0 Å². The summed E-state index contributed by atoms with van der Waals surface area (Å²) < 4.78 is 1.74. The molecule has 1 N–H and O–H groups in total. The first kappa shape index (κ1) is 8.97. The Labute approximate surface area is 91.9 Å². The molecule has 2 rings (SSSR count). The van der Waals surface area contributed by atoms with Crippen LogP contribution in [0.15, 0.2) is 33.3 Å². The van der Waals surface area contributed by atoms with E-state index in [1.54, 1.807) is 12.3 Å². The first-order valence-electron chi connectivity index (χ1n) is 3.62. The largest absolute Gasteiger partial charge is 0.506 e. The lowest BCUT2D eigenvalue weighted by molar-refractivity contribution is 0.480. The maximum absolute atomic E-state index is 9.56. The fourth-order valence-corrected chi connectivity index (χ4v) is 2.03. The van der Waals surface area contributed by atoms with Crippen molar-refractivity contribution in [3.63, 3.8) is 0 Å². The van der Waals surface area contributed by atoms with E-state index in [2.05, 4.69) is 36.8 Å². The fourth-order valence-electron chi connectivity index (χ4n) is 1.17. The number of hydrogen-bond donors (Lipinski definition) is 1. The fraction of sp³-hybridized carbons (Fsp3) is 0. The third kappa shape index (κ3) is 1.44. The van der Waals surface area contributed by atoms with Crippen molar-refractivity contribution in [3.8, 4) is 5.75 Å². The van der Waals surface area contributed by atoms with Crippen molar-refractivity contribution in [2.24, 2.45) is 0 Å². The lowest BCUT2D eigenvalue weighted by Gasteiger charge is -2.03. The second-order valence-corrected chi connectivity index (χ2v) is 4.24. The minimum absolute atomic E-state index is 0.186. The molecule has 0 radical (unpaired) electrons. The molecule has 0 aliphatic carbocycles. The van der Waals surface area contributed by atoms with Gasteiger partial charge in [-0.15, -0.1) is 0 Å². The van der Waals surface area contributed by atoms with E-state index >= 15 is 0 Å². The standard InChI is InChI=1S/C9H5Br2NO/c10-6-4-7(13)9-5(8(6)11)2-1-3-12-9/h1-4,13H. The molecule has 0 fully saturated rings. The number of aromatic nitrogens is 1. The number of pyridine rings is 1. The summed E-state index contributed by atoms with van der Waals surface area (Å²) >= 11 is 6.75. The summed E-state index contributed by atoms with van der Waals surface area (Å²) in [6, 6.07) is 5.36. The van der Waals surface area contributed by atoms with Gasteiger partial charge in [0.25, 0.3) is 0 Å². The first-order valence-corrected chi connectivity index (χ1v) is 5.20. The molecular formula is C9H5Br2NO. The monoisotopic (exact) mass is 301 g/mol. The molecule has 2 nitrogen and oxygen atoms in total. The SMILES string of the molecule is Oc1cc(Br)c(Br)c2cccnc12. The Kier molecular flexibility index (Phi) is 2.26. The molecule has 66 valence electrons. The van der Waals surface area contributed by atoms with Gasteiger partial charge in [-0.1, -0.05) is 0 Å². The summed E-state index contributed by atoms with van der Waals surface area (Å²) in [6.45, 7) is 0. The Morgan fingerprint density at radius 1 is 1.31 bits per heavy atom. The molecular weight excluding hydrogens is 298 g/mol. The van der Waals surface area contributed by atoms with Crippen LogP contribution in [0.2, 0.25) is 0 Å². The van der Waals surface area contributed by atoms with Crippen molar-refractivity contribution < 1.29 is 5.11 Å². The van der Waals surface area contributed by atoms with Crippen molar-refractivity contribution in [1.29, 1.82) is 0 Å². The average molecular weight is 303 g/mol. The molecule has 13 heavy (non-hydrogen) atoms. The zero-order valence-corrected chi connectivity index (χ0v) is 9.63. The van der Waals surface area contributed by atoms with Gasteiger partial charge in [0, 0.05) is 20.5 Å². The molecule has 0 aliphatic rings. The van der Waals surface area contributed by atoms with Crippen LogP contribution in [0, 0.1) is 0 Å². The molecule has 0 amide bonds. The quantitative estimate of drug-likeness (QED) is 0.808. The van der Waals surface area contributed by atoms with Crippen molar-refractivity contribution in [3.05, 3.63) is 33.3 Å². The highest BCUT2D eigenvalue weighted by Gasteiger charge is 2.07. The second-order valence-electron chi connectivity index (χ2n) is 2.59. The summed E-state index contributed by atoms with van der Waals surface area (Å²) in [4.78, 5) is 4.08. The van der Waals surface area contributed by atoms with Crippen molar-refractivity contribution in [1.82, 2.24) is 4.98 Å². The topological polar surface area (TPSA) is 33.1 Å². The molecule has 1 heterocycles. The zero-order valence-electron chi connectivity index (χ0n) is 6.46. The van der Waals surface area contributed by atoms with Crippen molar-refractivity contribution in [2.75, 3.05) is 0 Å². The van der Waals surface area contributed by atoms with Crippen LogP contribution in [0.5, 0.6) is 5.75 Å². The normalized spacial score (nSPS) is 10.6. The molecule has 0 saturated carbocycles. The summed E-state index contributed by atoms with van der Waals surface area (Å²) in [5, 5.41) is 10.5. The molecule has 4 heteroatoms. The van der Waals surface area contributed by atoms with Crippen LogP contribution in [0.4, 0.5) is 0 Å². The molecule has 0 spiro atoms. The van der Waals surface area contributed by atoms with Gasteiger partial charge in [0.15, 0.2) is 0 Å². The minimum atomic E-state index is 0.186. The second kappa shape index (κ2) is 3.27. The number of hydrogen-bond acceptors (Lipinski definition) is 2. The highest BCUT2D eigenvalue weighted by Crippen LogP contribution is 2.35. The van der Waals surface area contributed by atoms with Crippen LogP contribution in [0.3, 0.4) is 0 Å². The summed E-state index contributed by atoms with van der Waals surface area (Å²) in [7, 11) is 0. The Hall–Kier alpha value is -0.610. The van der Waals surface area contributed by atoms with E-state index in [0.717, 1.165) is 14.3 Å². The van der Waals surface area contributed by atoms with Gasteiger partial charge >= 0.3 is 0 Å². The number of phenolic OH excluding ortho intramolecular Hbond substituents is 1. The Morgan fingerprint density at radius 2 is 2.08 bits per heavy atom. The van der Waals surface area contributed by atoms with E-state index in [1.165, 1.54) is 0 Å². The number of aromatic hydroxyl groups is 1. The van der Waals surface area contributed by atoms with E-state index in [1.807, 2.05) is 12.1 Å². The van der Waals surface area contributed by atoms with Crippen molar-refractivity contribution >= 4 is 42.8 Å². The van der Waals surface area contributed by atoms with E-state index < -0.39 is 0 Å². The van der Waals surface area contributed by atoms with Gasteiger partial charge in [0.2, 0.25) is 0 Å². The number of benzene rings is 1. The van der Waals surface area contributed by atoms with Gasteiger partial charge in [0.1, 0.15) is 11.3 Å². The summed E-state index contributed by atoms with van der Waals surface area (Å²) in [6.07, 6.45) is 1.66. The van der Waals surface area contributed by atoms with Gasteiger partial charge in [-0.2, -0.15) is 0 Å². The van der Waals surface area contributed by atoms with Gasteiger partial charge in [-0.3, -0.25) is 4.98 Å². The van der Waals surface area contributed by atoms with Crippen LogP contribution in [-0.4, -0.2) is 10.1 Å². The highest BCUT2D eigenvalue weighted by molar-refractivity contribution is 9.13. The highest BCUT2D eigenvalue weighted by atomic mass is 79.9. The van der Waals surface area contributed by atoms with E-state index in [0.29, 0.717) is 5.52 Å². The lowest BCUT2D eigenvalue weighted by Crippen LogP contribution is -1.81. The Morgan fingerprint density at radius 3 is 2.85 bits per heavy atom. The van der Waals surface area contributed by atoms with Crippen LogP contribution in [0.25, 0.3) is 10.9 Å². The number of halogens is 2. The molecule has 2 aromatic rings. The first-order chi connectivity index (χ1) is 6.20. The molecule has 0 atom stereocenters. The Bertz CT molecular complexity index is 470.